The fourth-order valence-electron chi connectivity index (χ4n) is 1.91. The van der Waals surface area contributed by atoms with Crippen molar-refractivity contribution in [3.8, 4) is 5.75 Å². The van der Waals surface area contributed by atoms with E-state index in [2.05, 4.69) is 0 Å². The lowest BCUT2D eigenvalue weighted by Gasteiger charge is -2.20. The lowest BCUT2D eigenvalue weighted by Crippen LogP contribution is -2.33. The number of carbonyl (C=O) groups excluding carboxylic acids is 1. The van der Waals surface area contributed by atoms with Gasteiger partial charge in [-0.3, -0.25) is 9.69 Å². The number of carbonyl (C=O) groups is 2. The average molecular weight is 292 g/mol. The molecule has 0 aliphatic rings. The Morgan fingerprint density at radius 1 is 1.43 bits per heavy atom. The molecular formula is C15H20N2O4. The first-order valence-corrected chi connectivity index (χ1v) is 6.54. The van der Waals surface area contributed by atoms with Gasteiger partial charge < -0.3 is 15.6 Å². The molecule has 0 spiro atoms. The summed E-state index contributed by atoms with van der Waals surface area (Å²) in [5.74, 6) is -0.740. The molecule has 1 amide bonds. The van der Waals surface area contributed by atoms with E-state index >= 15 is 0 Å². The summed E-state index contributed by atoms with van der Waals surface area (Å²) >= 11 is 0. The van der Waals surface area contributed by atoms with Crippen LogP contribution in [0.25, 0.3) is 6.08 Å². The van der Waals surface area contributed by atoms with Crippen LogP contribution in [0.15, 0.2) is 24.3 Å². The van der Waals surface area contributed by atoms with E-state index in [0.29, 0.717) is 18.8 Å². The number of rotatable bonds is 8. The van der Waals surface area contributed by atoms with Gasteiger partial charge in [-0.05, 0) is 35.9 Å². The molecule has 1 aromatic rings. The van der Waals surface area contributed by atoms with Crippen LogP contribution in [0.4, 0.5) is 0 Å². The summed E-state index contributed by atoms with van der Waals surface area (Å²) in [6, 6.07) is 5.37. The molecule has 1 rings (SSSR count). The highest BCUT2D eigenvalue weighted by Gasteiger charge is 2.10. The van der Waals surface area contributed by atoms with Gasteiger partial charge in [-0.1, -0.05) is 13.0 Å². The number of likely N-dealkylation sites (N-methyl/N-ethyl adjacent to an activating group) is 1. The lowest BCUT2D eigenvalue weighted by atomic mass is 10.1. The number of amides is 1. The Morgan fingerprint density at radius 3 is 2.67 bits per heavy atom. The highest BCUT2D eigenvalue weighted by Crippen LogP contribution is 2.20. The Labute approximate surface area is 123 Å². The molecule has 0 aromatic heterocycles. The monoisotopic (exact) mass is 292 g/mol. The Balaban J connectivity index is 3.05. The fourth-order valence-corrected chi connectivity index (χ4v) is 1.91. The van der Waals surface area contributed by atoms with E-state index in [0.717, 1.165) is 17.2 Å². The number of aliphatic carboxylic acids is 1. The second-order valence-electron chi connectivity index (χ2n) is 4.51. The summed E-state index contributed by atoms with van der Waals surface area (Å²) in [5.41, 5.74) is 6.85. The Hall–Kier alpha value is -2.34. The van der Waals surface area contributed by atoms with Crippen LogP contribution in [0.1, 0.15) is 18.1 Å². The van der Waals surface area contributed by atoms with E-state index in [9.17, 15) is 9.59 Å². The molecule has 3 N–H and O–H groups in total. The minimum atomic E-state index is -1.01. The number of carboxylic acid groups (broad SMARTS) is 1. The van der Waals surface area contributed by atoms with Gasteiger partial charge in [0.25, 0.3) is 0 Å². The quantitative estimate of drug-likeness (QED) is 0.700. The number of hydrogen-bond acceptors (Lipinski definition) is 4. The van der Waals surface area contributed by atoms with E-state index < -0.39 is 11.9 Å². The number of nitrogens with zero attached hydrogens (tertiary/aromatic N) is 1. The second kappa shape index (κ2) is 8.06. The summed E-state index contributed by atoms with van der Waals surface area (Å²) in [6.07, 6.45) is 2.60. The normalized spacial score (nSPS) is 11.0. The summed E-state index contributed by atoms with van der Waals surface area (Å²) in [7, 11) is 1.56. The molecule has 0 unspecified atom stereocenters. The van der Waals surface area contributed by atoms with Gasteiger partial charge in [-0.25, -0.2) is 4.79 Å². The van der Waals surface area contributed by atoms with Crippen LogP contribution in [0, 0.1) is 0 Å². The number of nitrogens with two attached hydrogens (primary N) is 1. The van der Waals surface area contributed by atoms with Gasteiger partial charge in [0.1, 0.15) is 5.75 Å². The maximum Gasteiger partial charge on any atom is 0.328 e. The third kappa shape index (κ3) is 5.66. The molecule has 0 heterocycles. The maximum absolute atomic E-state index is 11.0. The van der Waals surface area contributed by atoms with Crippen molar-refractivity contribution in [3.05, 3.63) is 35.4 Å². The number of hydrogen-bond donors (Lipinski definition) is 2. The van der Waals surface area contributed by atoms with Crippen molar-refractivity contribution >= 4 is 18.0 Å². The molecule has 1 aromatic carbocycles. The van der Waals surface area contributed by atoms with E-state index in [-0.39, 0.29) is 6.54 Å². The van der Waals surface area contributed by atoms with E-state index in [4.69, 9.17) is 15.6 Å². The van der Waals surface area contributed by atoms with Gasteiger partial charge in [0.15, 0.2) is 0 Å². The number of benzene rings is 1. The first-order valence-electron chi connectivity index (χ1n) is 6.54. The molecule has 6 nitrogen and oxygen atoms in total. The van der Waals surface area contributed by atoms with Crippen LogP contribution < -0.4 is 10.5 Å². The number of primary amides is 1. The average Bonchev–Trinajstić information content (AvgIpc) is 2.44. The van der Waals surface area contributed by atoms with Crippen molar-refractivity contribution in [2.24, 2.45) is 5.73 Å². The molecular weight excluding hydrogens is 272 g/mol. The third-order valence-corrected chi connectivity index (χ3v) is 2.98. The second-order valence-corrected chi connectivity index (χ2v) is 4.51. The summed E-state index contributed by atoms with van der Waals surface area (Å²) in [4.78, 5) is 23.6. The zero-order valence-corrected chi connectivity index (χ0v) is 12.2. The highest BCUT2D eigenvalue weighted by atomic mass is 16.5. The van der Waals surface area contributed by atoms with Crippen LogP contribution in [0.3, 0.4) is 0 Å². The van der Waals surface area contributed by atoms with E-state index in [1.807, 2.05) is 17.9 Å². The number of methoxy groups -OCH3 is 1. The first kappa shape index (κ1) is 16.7. The van der Waals surface area contributed by atoms with Crippen molar-refractivity contribution in [1.29, 1.82) is 0 Å². The van der Waals surface area contributed by atoms with Crippen LogP contribution >= 0.6 is 0 Å². The van der Waals surface area contributed by atoms with Gasteiger partial charge >= 0.3 is 5.97 Å². The van der Waals surface area contributed by atoms with Gasteiger partial charge in [0.05, 0.1) is 13.7 Å². The Kier molecular flexibility index (Phi) is 6.42. The van der Waals surface area contributed by atoms with E-state index in [1.54, 1.807) is 19.2 Å². The molecule has 0 radical (unpaired) electrons. The smallest absolute Gasteiger partial charge is 0.328 e. The van der Waals surface area contributed by atoms with Crippen molar-refractivity contribution in [3.63, 3.8) is 0 Å². The minimum Gasteiger partial charge on any atom is -0.497 e. The number of carboxylic acids is 1. The van der Waals surface area contributed by atoms with Crippen LogP contribution in [0.2, 0.25) is 0 Å². The van der Waals surface area contributed by atoms with Gasteiger partial charge in [0.2, 0.25) is 5.91 Å². The predicted octanol–water partition coefficient (Wildman–Crippen LogP) is 1.10. The highest BCUT2D eigenvalue weighted by molar-refractivity contribution is 5.85. The summed E-state index contributed by atoms with van der Waals surface area (Å²) < 4.78 is 5.18. The Morgan fingerprint density at radius 2 is 2.14 bits per heavy atom. The van der Waals surface area contributed by atoms with Gasteiger partial charge in [0, 0.05) is 12.6 Å². The molecule has 0 aliphatic carbocycles. The molecule has 0 aliphatic heterocycles. The van der Waals surface area contributed by atoms with Crippen LogP contribution in [0.5, 0.6) is 5.75 Å². The van der Waals surface area contributed by atoms with Crippen molar-refractivity contribution in [2.75, 3.05) is 20.2 Å². The Bertz CT molecular complexity index is 540. The van der Waals surface area contributed by atoms with Crippen LogP contribution in [-0.2, 0) is 16.1 Å². The zero-order valence-electron chi connectivity index (χ0n) is 12.2. The van der Waals surface area contributed by atoms with Crippen LogP contribution in [-0.4, -0.2) is 42.1 Å². The standard InChI is InChI=1S/C15H20N2O4/c1-3-17(10-14(16)18)9-12-8-13(21-2)6-4-11(12)5-7-15(19)20/h4-8H,3,9-10H2,1-2H3,(H2,16,18)(H,19,20)/b7-5+. The molecule has 0 saturated carbocycles. The van der Waals surface area contributed by atoms with Crippen molar-refractivity contribution in [2.45, 2.75) is 13.5 Å². The van der Waals surface area contributed by atoms with Crippen molar-refractivity contribution < 1.29 is 19.4 Å². The molecule has 0 atom stereocenters. The maximum atomic E-state index is 11.0. The lowest BCUT2D eigenvalue weighted by molar-refractivity contribution is -0.131. The molecule has 21 heavy (non-hydrogen) atoms. The first-order chi connectivity index (χ1) is 9.96. The van der Waals surface area contributed by atoms with Crippen molar-refractivity contribution in [1.82, 2.24) is 4.90 Å². The molecule has 114 valence electrons. The molecule has 6 heteroatoms. The molecule has 0 fully saturated rings. The zero-order chi connectivity index (χ0) is 15.8. The summed E-state index contributed by atoms with van der Waals surface area (Å²) in [5, 5.41) is 8.73. The topological polar surface area (TPSA) is 92.9 Å². The SMILES string of the molecule is CCN(CC(N)=O)Cc1cc(OC)ccc1/C=C/C(=O)O. The van der Waals surface area contributed by atoms with E-state index in [1.165, 1.54) is 6.08 Å². The predicted molar refractivity (Wildman–Crippen MR) is 79.8 cm³/mol. The van der Waals surface area contributed by atoms with Gasteiger partial charge in [-0.15, -0.1) is 0 Å². The third-order valence-electron chi connectivity index (χ3n) is 2.98. The van der Waals surface area contributed by atoms with Gasteiger partial charge in [-0.2, -0.15) is 0 Å². The number of ether oxygens (including phenoxy) is 1. The molecule has 0 saturated heterocycles. The summed E-state index contributed by atoms with van der Waals surface area (Å²) in [6.45, 7) is 3.21. The molecule has 0 bridgehead atoms. The minimum absolute atomic E-state index is 0.149. The fraction of sp³-hybridized carbons (Fsp3) is 0.333. The largest absolute Gasteiger partial charge is 0.497 e.